The van der Waals surface area contributed by atoms with Gasteiger partial charge in [0, 0.05) is 16.7 Å². The first kappa shape index (κ1) is 11.6. The number of thiophene rings is 1. The number of rotatable bonds is 4. The Morgan fingerprint density at radius 2 is 2.31 bits per heavy atom. The molecule has 0 aromatic carbocycles. The summed E-state index contributed by atoms with van der Waals surface area (Å²) < 4.78 is 1.00. The molecular formula is C12H13BrN2S. The standard InChI is InChI=1S/C12H13BrN2S/c1-9(6-10-4-5-16-8-10)15-12-3-2-11(13)7-14-12/h2-5,7-9H,6H2,1H3,(H,14,15). The lowest BCUT2D eigenvalue weighted by atomic mass is 10.1. The van der Waals surface area contributed by atoms with Crippen molar-refractivity contribution >= 4 is 33.1 Å². The van der Waals surface area contributed by atoms with E-state index in [1.54, 1.807) is 17.5 Å². The molecule has 0 aliphatic carbocycles. The Morgan fingerprint density at radius 3 is 2.94 bits per heavy atom. The van der Waals surface area contributed by atoms with Gasteiger partial charge in [-0.05, 0) is 63.8 Å². The zero-order valence-electron chi connectivity index (χ0n) is 8.98. The maximum absolute atomic E-state index is 4.29. The summed E-state index contributed by atoms with van der Waals surface area (Å²) in [6.07, 6.45) is 2.83. The number of aromatic nitrogens is 1. The van der Waals surface area contributed by atoms with E-state index in [2.05, 4.69) is 50.0 Å². The van der Waals surface area contributed by atoms with Crippen molar-refractivity contribution in [2.24, 2.45) is 0 Å². The van der Waals surface area contributed by atoms with Gasteiger partial charge in [-0.2, -0.15) is 11.3 Å². The molecule has 0 aliphatic heterocycles. The summed E-state index contributed by atoms with van der Waals surface area (Å²) in [6.45, 7) is 2.17. The topological polar surface area (TPSA) is 24.9 Å². The van der Waals surface area contributed by atoms with Crippen LogP contribution in [0.15, 0.2) is 39.6 Å². The molecule has 16 heavy (non-hydrogen) atoms. The lowest BCUT2D eigenvalue weighted by Crippen LogP contribution is -2.18. The highest BCUT2D eigenvalue weighted by Gasteiger charge is 2.04. The molecule has 2 rings (SSSR count). The molecule has 2 aromatic rings. The van der Waals surface area contributed by atoms with Crippen molar-refractivity contribution in [2.75, 3.05) is 5.32 Å². The smallest absolute Gasteiger partial charge is 0.126 e. The number of hydrogen-bond donors (Lipinski definition) is 1. The van der Waals surface area contributed by atoms with E-state index in [1.165, 1.54) is 5.56 Å². The fraction of sp³-hybridized carbons (Fsp3) is 0.250. The van der Waals surface area contributed by atoms with Gasteiger partial charge in [0.25, 0.3) is 0 Å². The molecule has 0 radical (unpaired) electrons. The SMILES string of the molecule is CC(Cc1ccsc1)Nc1ccc(Br)cn1. The van der Waals surface area contributed by atoms with Gasteiger partial charge in [-0.25, -0.2) is 4.98 Å². The van der Waals surface area contributed by atoms with Crippen LogP contribution in [0, 0.1) is 0 Å². The highest BCUT2D eigenvalue weighted by molar-refractivity contribution is 9.10. The molecule has 84 valence electrons. The van der Waals surface area contributed by atoms with Crippen LogP contribution in [0.1, 0.15) is 12.5 Å². The first-order chi connectivity index (χ1) is 7.74. The van der Waals surface area contributed by atoms with E-state index in [4.69, 9.17) is 0 Å². The zero-order chi connectivity index (χ0) is 11.4. The van der Waals surface area contributed by atoms with Crippen LogP contribution in [0.3, 0.4) is 0 Å². The predicted molar refractivity (Wildman–Crippen MR) is 73.0 cm³/mol. The summed E-state index contributed by atoms with van der Waals surface area (Å²) in [5.74, 6) is 0.922. The van der Waals surface area contributed by atoms with Crippen molar-refractivity contribution in [3.8, 4) is 0 Å². The summed E-state index contributed by atoms with van der Waals surface area (Å²) in [4.78, 5) is 4.29. The van der Waals surface area contributed by atoms with Crippen LogP contribution in [-0.2, 0) is 6.42 Å². The third-order valence-corrected chi connectivity index (χ3v) is 3.44. The molecule has 0 aliphatic rings. The number of hydrogen-bond acceptors (Lipinski definition) is 3. The molecule has 0 saturated carbocycles. The van der Waals surface area contributed by atoms with Crippen molar-refractivity contribution in [2.45, 2.75) is 19.4 Å². The Morgan fingerprint density at radius 1 is 1.44 bits per heavy atom. The summed E-state index contributed by atoms with van der Waals surface area (Å²) in [7, 11) is 0. The summed E-state index contributed by atoms with van der Waals surface area (Å²) >= 11 is 5.11. The Hall–Kier alpha value is -0.870. The molecular weight excluding hydrogens is 284 g/mol. The second-order valence-corrected chi connectivity index (χ2v) is 5.44. The Balaban J connectivity index is 1.92. The van der Waals surface area contributed by atoms with E-state index >= 15 is 0 Å². The van der Waals surface area contributed by atoms with Gasteiger partial charge in [0.05, 0.1) is 0 Å². The average molecular weight is 297 g/mol. The van der Waals surface area contributed by atoms with E-state index in [-0.39, 0.29) is 0 Å². The van der Waals surface area contributed by atoms with Gasteiger partial charge >= 0.3 is 0 Å². The third kappa shape index (κ3) is 3.32. The Kier molecular flexibility index (Phi) is 3.96. The maximum Gasteiger partial charge on any atom is 0.126 e. The molecule has 0 amide bonds. The van der Waals surface area contributed by atoms with E-state index in [1.807, 2.05) is 12.1 Å². The fourth-order valence-electron chi connectivity index (χ4n) is 1.53. The molecule has 0 bridgehead atoms. The van der Waals surface area contributed by atoms with Crippen molar-refractivity contribution in [1.29, 1.82) is 0 Å². The van der Waals surface area contributed by atoms with Crippen molar-refractivity contribution in [3.63, 3.8) is 0 Å². The van der Waals surface area contributed by atoms with Crippen LogP contribution in [0.25, 0.3) is 0 Å². The summed E-state index contributed by atoms with van der Waals surface area (Å²) in [5.41, 5.74) is 1.38. The number of pyridine rings is 1. The van der Waals surface area contributed by atoms with Crippen LogP contribution in [0.2, 0.25) is 0 Å². The van der Waals surface area contributed by atoms with Crippen molar-refractivity contribution in [1.82, 2.24) is 4.98 Å². The number of nitrogens with one attached hydrogen (secondary N) is 1. The quantitative estimate of drug-likeness (QED) is 0.924. The van der Waals surface area contributed by atoms with Gasteiger partial charge in [-0.3, -0.25) is 0 Å². The number of halogens is 1. The molecule has 0 fully saturated rings. The van der Waals surface area contributed by atoms with E-state index < -0.39 is 0 Å². The fourth-order valence-corrected chi connectivity index (χ4v) is 2.44. The second kappa shape index (κ2) is 5.46. The minimum Gasteiger partial charge on any atom is -0.367 e. The lowest BCUT2D eigenvalue weighted by molar-refractivity contribution is 0.787. The molecule has 2 aromatic heterocycles. The number of anilines is 1. The molecule has 1 N–H and O–H groups in total. The first-order valence-corrected chi connectivity index (χ1v) is 6.87. The van der Waals surface area contributed by atoms with Crippen molar-refractivity contribution in [3.05, 3.63) is 45.2 Å². The van der Waals surface area contributed by atoms with E-state index in [0.29, 0.717) is 6.04 Å². The number of nitrogens with zero attached hydrogens (tertiary/aromatic N) is 1. The summed E-state index contributed by atoms with van der Waals surface area (Å²) in [6, 6.07) is 6.53. The lowest BCUT2D eigenvalue weighted by Gasteiger charge is -2.13. The Labute approximate surface area is 108 Å². The molecule has 2 heterocycles. The van der Waals surface area contributed by atoms with Crippen molar-refractivity contribution < 1.29 is 0 Å². The molecule has 4 heteroatoms. The van der Waals surface area contributed by atoms with E-state index in [9.17, 15) is 0 Å². The Bertz CT molecular complexity index is 425. The highest BCUT2D eigenvalue weighted by atomic mass is 79.9. The maximum atomic E-state index is 4.29. The van der Waals surface area contributed by atoms with Gasteiger partial charge in [-0.1, -0.05) is 0 Å². The van der Waals surface area contributed by atoms with Crippen LogP contribution in [-0.4, -0.2) is 11.0 Å². The zero-order valence-corrected chi connectivity index (χ0v) is 11.4. The third-order valence-electron chi connectivity index (χ3n) is 2.24. The van der Waals surface area contributed by atoms with Gasteiger partial charge in [0.15, 0.2) is 0 Å². The van der Waals surface area contributed by atoms with Crippen LogP contribution >= 0.6 is 27.3 Å². The van der Waals surface area contributed by atoms with Gasteiger partial charge in [0.1, 0.15) is 5.82 Å². The van der Waals surface area contributed by atoms with Gasteiger partial charge < -0.3 is 5.32 Å². The van der Waals surface area contributed by atoms with Crippen LogP contribution in [0.5, 0.6) is 0 Å². The molecule has 0 saturated heterocycles. The molecule has 1 unspecified atom stereocenters. The molecule has 1 atom stereocenters. The average Bonchev–Trinajstić information content (AvgIpc) is 2.74. The molecule has 2 nitrogen and oxygen atoms in total. The minimum atomic E-state index is 0.392. The normalized spacial score (nSPS) is 12.4. The van der Waals surface area contributed by atoms with Gasteiger partial charge in [0.2, 0.25) is 0 Å². The monoisotopic (exact) mass is 296 g/mol. The second-order valence-electron chi connectivity index (χ2n) is 3.74. The minimum absolute atomic E-state index is 0.392. The largest absolute Gasteiger partial charge is 0.367 e. The molecule has 0 spiro atoms. The van der Waals surface area contributed by atoms with Crippen LogP contribution in [0.4, 0.5) is 5.82 Å². The van der Waals surface area contributed by atoms with Crippen LogP contribution < -0.4 is 5.32 Å². The van der Waals surface area contributed by atoms with E-state index in [0.717, 1.165) is 16.7 Å². The van der Waals surface area contributed by atoms with Gasteiger partial charge in [-0.15, -0.1) is 0 Å². The predicted octanol–water partition coefficient (Wildman–Crippen LogP) is 3.95. The first-order valence-electron chi connectivity index (χ1n) is 5.13. The highest BCUT2D eigenvalue weighted by Crippen LogP contribution is 2.14. The summed E-state index contributed by atoms with van der Waals surface area (Å²) in [5, 5.41) is 7.68.